The van der Waals surface area contributed by atoms with E-state index in [9.17, 15) is 22.3 Å². The number of anilines is 1. The van der Waals surface area contributed by atoms with E-state index < -0.39 is 37.3 Å². The molecule has 2 heterocycles. The van der Waals surface area contributed by atoms with Gasteiger partial charge in [0.15, 0.2) is 15.6 Å². The molecule has 0 saturated heterocycles. The van der Waals surface area contributed by atoms with Gasteiger partial charge in [-0.25, -0.2) is 8.42 Å². The molecule has 1 unspecified atom stereocenters. The van der Waals surface area contributed by atoms with Gasteiger partial charge in [-0.3, -0.25) is 13.5 Å². The highest BCUT2D eigenvalue weighted by molar-refractivity contribution is 8.00. The minimum Gasteiger partial charge on any atom is -0.755 e. The van der Waals surface area contributed by atoms with Crippen LogP contribution in [0, 0.1) is 0 Å². The third-order valence-electron chi connectivity index (χ3n) is 5.11. The van der Waals surface area contributed by atoms with Crippen LogP contribution < -0.4 is 4.31 Å². The Morgan fingerprint density at radius 2 is 1.97 bits per heavy atom. The molecule has 11 heteroatoms. The molecule has 1 aliphatic heterocycles. The summed E-state index contributed by atoms with van der Waals surface area (Å²) in [6.07, 6.45) is 2.67. The monoisotopic (exact) mass is 473 g/mol. The highest BCUT2D eigenvalue weighted by Crippen LogP contribution is 2.51. The Kier molecular flexibility index (Phi) is 4.94. The van der Waals surface area contributed by atoms with Crippen molar-refractivity contribution >= 4 is 60.7 Å². The lowest BCUT2D eigenvalue weighted by Crippen LogP contribution is -2.37. The first-order valence-corrected chi connectivity index (χ1v) is 12.0. The van der Waals surface area contributed by atoms with Gasteiger partial charge >= 0.3 is 0 Å². The van der Waals surface area contributed by atoms with Gasteiger partial charge in [0.25, 0.3) is 0 Å². The van der Waals surface area contributed by atoms with Gasteiger partial charge in [0.05, 0.1) is 27.0 Å². The van der Waals surface area contributed by atoms with Crippen LogP contribution in [0.5, 0.6) is 0 Å². The Labute approximate surface area is 180 Å². The van der Waals surface area contributed by atoms with Gasteiger partial charge in [-0.15, -0.1) is 0 Å². The molecule has 1 aromatic heterocycles. The molecule has 0 amide bonds. The van der Waals surface area contributed by atoms with Crippen molar-refractivity contribution in [1.29, 1.82) is 0 Å². The molecule has 1 saturated carbocycles. The average Bonchev–Trinajstić information content (AvgIpc) is 3.37. The Balaban J connectivity index is 1.99. The number of aromatic nitrogens is 1. The molecule has 0 spiro atoms. The van der Waals surface area contributed by atoms with Crippen molar-refractivity contribution < 1.29 is 22.3 Å². The smallest absolute Gasteiger partial charge is 0.186 e. The topological polar surface area (TPSA) is 111 Å². The lowest BCUT2D eigenvalue weighted by molar-refractivity contribution is 0.508. The maximum atomic E-state index is 12.9. The van der Waals surface area contributed by atoms with Crippen LogP contribution in [0.1, 0.15) is 36.6 Å². The molecular formula is C18H15Cl2N2O5S2-. The van der Waals surface area contributed by atoms with Gasteiger partial charge in [0.1, 0.15) is 10.6 Å². The van der Waals surface area contributed by atoms with Gasteiger partial charge in [0.2, 0.25) is 0 Å². The van der Waals surface area contributed by atoms with Crippen LogP contribution in [0.15, 0.2) is 30.5 Å². The number of halogens is 2. The largest absolute Gasteiger partial charge is 0.755 e. The maximum Gasteiger partial charge on any atom is 0.186 e. The van der Waals surface area contributed by atoms with E-state index in [0.717, 1.165) is 4.31 Å². The van der Waals surface area contributed by atoms with E-state index in [1.165, 1.54) is 18.3 Å². The Morgan fingerprint density at radius 1 is 1.28 bits per heavy atom. The fourth-order valence-electron chi connectivity index (χ4n) is 3.41. The molecule has 1 aromatic carbocycles. The zero-order chi connectivity index (χ0) is 21.1. The summed E-state index contributed by atoms with van der Waals surface area (Å²) in [5.74, 6) is -0.895. The van der Waals surface area contributed by atoms with E-state index in [2.05, 4.69) is 4.98 Å². The number of nitrogens with zero attached hydrogens (tertiary/aromatic N) is 2. The Morgan fingerprint density at radius 3 is 2.59 bits per heavy atom. The second kappa shape index (κ2) is 6.95. The van der Waals surface area contributed by atoms with Crippen LogP contribution >= 0.6 is 23.2 Å². The van der Waals surface area contributed by atoms with Crippen molar-refractivity contribution in [2.24, 2.45) is 0 Å². The molecule has 1 aliphatic carbocycles. The molecular weight excluding hydrogens is 459 g/mol. The lowest BCUT2D eigenvalue weighted by Gasteiger charge is -2.34. The van der Waals surface area contributed by atoms with Gasteiger partial charge < -0.3 is 9.66 Å². The normalized spacial score (nSPS) is 20.1. The van der Waals surface area contributed by atoms with Crippen molar-refractivity contribution in [3.05, 3.63) is 57.3 Å². The molecule has 2 aromatic rings. The summed E-state index contributed by atoms with van der Waals surface area (Å²) >= 11 is 10.1. The molecule has 7 nitrogen and oxygen atoms in total. The summed E-state index contributed by atoms with van der Waals surface area (Å²) in [5, 5.41) is 10.6. The third kappa shape index (κ3) is 3.34. The summed E-state index contributed by atoms with van der Waals surface area (Å²) in [6, 6.07) is 5.87. The predicted molar refractivity (Wildman–Crippen MR) is 112 cm³/mol. The number of fused-ring (bicyclic) bond motifs is 1. The highest BCUT2D eigenvalue weighted by atomic mass is 35.5. The minimum atomic E-state index is -3.97. The lowest BCUT2D eigenvalue weighted by atomic mass is 10.1. The SMILES string of the molecule is CC1(N(c2c(Cl)ccc(C3=C(O)c4ncccc4CS3(=O)=O)c2Cl)S(=O)[O-])CC1. The van der Waals surface area contributed by atoms with Gasteiger partial charge in [-0.1, -0.05) is 35.3 Å². The van der Waals surface area contributed by atoms with Crippen LogP contribution in [0.3, 0.4) is 0 Å². The maximum absolute atomic E-state index is 12.9. The fraction of sp³-hybridized carbons (Fsp3) is 0.278. The molecule has 154 valence electrons. The van der Waals surface area contributed by atoms with Gasteiger partial charge in [-0.05, 0) is 37.5 Å². The standard InChI is InChI=1S/C18H16Cl2N2O5S2/c1-18(6-7-18)22(28(24)25)15-12(19)5-4-11(13(15)20)17-16(23)14-10(3-2-8-21-14)9-29(17,26)27/h2-5,8,23H,6-7,9H2,1H3,(H,24,25)/p-1. The summed E-state index contributed by atoms with van der Waals surface area (Å²) in [4.78, 5) is 3.67. The first kappa shape index (κ1) is 20.6. The number of rotatable bonds is 4. The van der Waals surface area contributed by atoms with Crippen LogP contribution in [-0.4, -0.2) is 32.8 Å². The van der Waals surface area contributed by atoms with Crippen LogP contribution in [0.2, 0.25) is 10.0 Å². The van der Waals surface area contributed by atoms with E-state index in [-0.39, 0.29) is 32.7 Å². The zero-order valence-corrected chi connectivity index (χ0v) is 18.2. The number of benzene rings is 1. The minimum absolute atomic E-state index is 0.0125. The van der Waals surface area contributed by atoms with Crippen molar-refractivity contribution in [2.45, 2.75) is 31.1 Å². The molecule has 4 rings (SSSR count). The molecule has 1 atom stereocenters. The molecule has 2 aliphatic rings. The van der Waals surface area contributed by atoms with Crippen molar-refractivity contribution in [2.75, 3.05) is 4.31 Å². The second-order valence-electron chi connectivity index (χ2n) is 7.21. The van der Waals surface area contributed by atoms with Crippen molar-refractivity contribution in [3.63, 3.8) is 0 Å². The highest BCUT2D eigenvalue weighted by Gasteiger charge is 2.46. The summed E-state index contributed by atoms with van der Waals surface area (Å²) in [6.45, 7) is 1.75. The van der Waals surface area contributed by atoms with E-state index >= 15 is 0 Å². The molecule has 0 radical (unpaired) electrons. The van der Waals surface area contributed by atoms with Gasteiger partial charge in [-0.2, -0.15) is 0 Å². The third-order valence-corrected chi connectivity index (χ3v) is 8.45. The van der Waals surface area contributed by atoms with Crippen LogP contribution in [0.25, 0.3) is 10.7 Å². The number of hydrogen-bond acceptors (Lipinski definition) is 6. The number of pyridine rings is 1. The van der Waals surface area contributed by atoms with Crippen molar-refractivity contribution in [1.82, 2.24) is 4.98 Å². The van der Waals surface area contributed by atoms with Crippen LogP contribution in [0.4, 0.5) is 5.69 Å². The van der Waals surface area contributed by atoms with Gasteiger partial charge in [0, 0.05) is 23.0 Å². The summed E-state index contributed by atoms with van der Waals surface area (Å²) in [7, 11) is -3.97. The first-order valence-electron chi connectivity index (χ1n) is 8.55. The first-order chi connectivity index (χ1) is 13.6. The van der Waals surface area contributed by atoms with Crippen molar-refractivity contribution in [3.8, 4) is 0 Å². The average molecular weight is 474 g/mol. The number of hydrogen-bond donors (Lipinski definition) is 1. The zero-order valence-electron chi connectivity index (χ0n) is 15.1. The number of aliphatic hydroxyl groups is 1. The summed E-state index contributed by atoms with van der Waals surface area (Å²) < 4.78 is 50.9. The van der Waals surface area contributed by atoms with Crippen LogP contribution in [-0.2, 0) is 26.9 Å². The number of aliphatic hydroxyl groups excluding tert-OH is 1. The summed E-state index contributed by atoms with van der Waals surface area (Å²) in [5.41, 5.74) is -0.217. The molecule has 0 bridgehead atoms. The molecule has 1 fully saturated rings. The second-order valence-corrected chi connectivity index (χ2v) is 10.7. The van der Waals surface area contributed by atoms with E-state index in [0.29, 0.717) is 18.4 Å². The molecule has 1 N–H and O–H groups in total. The van der Waals surface area contributed by atoms with E-state index in [4.69, 9.17) is 23.2 Å². The fourth-order valence-corrected chi connectivity index (χ4v) is 6.76. The van der Waals surface area contributed by atoms with E-state index in [1.54, 1.807) is 19.1 Å². The predicted octanol–water partition coefficient (Wildman–Crippen LogP) is 3.85. The Hall–Kier alpha value is -1.65. The van der Waals surface area contributed by atoms with E-state index in [1.807, 2.05) is 0 Å². The number of sulfone groups is 1. The molecule has 29 heavy (non-hydrogen) atoms. The Bertz CT molecular complexity index is 1190. The quantitative estimate of drug-likeness (QED) is 0.674.